The van der Waals surface area contributed by atoms with E-state index in [0.717, 1.165) is 0 Å². The summed E-state index contributed by atoms with van der Waals surface area (Å²) in [6.45, 7) is 8.31. The molecule has 3 unspecified atom stereocenters. The standard InChI is InChI=1S/C9H9Cl2NO.C9H21NO3.C6H4Cl2N2O2/c1-2-9(13)12-6-3-4-7(10)8(11)5-6;1-7(11)4-10(5-8(2)12)6-9(3)13;7-3-1-2(9)4(8)5(10-3)6(11)12/h3-5H,2H2,1H3,(H,12,13);7-9,11-13H,4-6H2,1-3H3;1H,(H2,9,10)(H,11,12). The lowest BCUT2D eigenvalue weighted by Gasteiger charge is -2.25. The van der Waals surface area contributed by atoms with Crippen molar-refractivity contribution < 1.29 is 30.0 Å². The van der Waals surface area contributed by atoms with Gasteiger partial charge in [0.05, 0.1) is 39.1 Å². The zero-order valence-corrected chi connectivity index (χ0v) is 24.5. The number of nitrogen functional groups attached to an aromatic ring is 1. The molecule has 0 saturated heterocycles. The molecule has 1 heterocycles. The highest BCUT2D eigenvalue weighted by Crippen LogP contribution is 2.25. The zero-order chi connectivity index (χ0) is 29.6. The van der Waals surface area contributed by atoms with Crippen molar-refractivity contribution in [3.05, 3.63) is 50.2 Å². The van der Waals surface area contributed by atoms with E-state index in [1.165, 1.54) is 6.07 Å². The Balaban J connectivity index is 0.000000541. The minimum atomic E-state index is -1.26. The Morgan fingerprint density at radius 1 is 0.947 bits per heavy atom. The van der Waals surface area contributed by atoms with Crippen LogP contribution >= 0.6 is 46.4 Å². The second kappa shape index (κ2) is 18.4. The molecule has 7 N–H and O–H groups in total. The first-order valence-corrected chi connectivity index (χ1v) is 12.9. The number of aromatic nitrogens is 1. The summed E-state index contributed by atoms with van der Waals surface area (Å²) in [5, 5.41) is 39.5. The van der Waals surface area contributed by atoms with Gasteiger partial charge >= 0.3 is 5.97 Å². The van der Waals surface area contributed by atoms with E-state index >= 15 is 0 Å². The predicted molar refractivity (Wildman–Crippen MR) is 152 cm³/mol. The summed E-state index contributed by atoms with van der Waals surface area (Å²) in [7, 11) is 0. The molecule has 1 amide bonds. The van der Waals surface area contributed by atoms with Crippen LogP contribution in [0.15, 0.2) is 24.3 Å². The van der Waals surface area contributed by atoms with Gasteiger partial charge in [-0.3, -0.25) is 9.69 Å². The number of hydrogen-bond acceptors (Lipinski definition) is 8. The number of amides is 1. The summed E-state index contributed by atoms with van der Waals surface area (Å²) < 4.78 is 0. The number of pyridine rings is 1. The molecule has 14 heteroatoms. The fourth-order valence-corrected chi connectivity index (χ4v) is 3.50. The topological polar surface area (TPSA) is 169 Å². The average Bonchev–Trinajstić information content (AvgIpc) is 2.78. The second-order valence-electron chi connectivity index (χ2n) is 8.30. The first-order valence-electron chi connectivity index (χ1n) is 11.4. The molecular formula is C24H34Cl4N4O6. The molecule has 1 aromatic heterocycles. The number of carbonyl (C=O) groups excluding carboxylic acids is 1. The number of aliphatic hydroxyl groups is 3. The number of anilines is 2. The van der Waals surface area contributed by atoms with Crippen molar-refractivity contribution in [3.8, 4) is 0 Å². The van der Waals surface area contributed by atoms with Gasteiger partial charge < -0.3 is 31.5 Å². The first kappa shape index (κ1) is 36.1. The molecule has 0 bridgehead atoms. The molecule has 0 spiro atoms. The summed E-state index contributed by atoms with van der Waals surface area (Å²) in [6.07, 6.45) is -0.854. The van der Waals surface area contributed by atoms with Gasteiger partial charge in [0.1, 0.15) is 5.15 Å². The Bertz CT molecular complexity index is 1020. The Kier molecular flexibility index (Phi) is 17.5. The van der Waals surface area contributed by atoms with Crippen LogP contribution in [0.2, 0.25) is 20.2 Å². The summed E-state index contributed by atoms with van der Waals surface area (Å²) >= 11 is 22.4. The third-order valence-electron chi connectivity index (χ3n) is 4.25. The Hall–Kier alpha value is -1.89. The van der Waals surface area contributed by atoms with Crippen LogP contribution in [0.4, 0.5) is 11.4 Å². The molecule has 0 aliphatic carbocycles. The Labute approximate surface area is 242 Å². The van der Waals surface area contributed by atoms with Gasteiger partial charge in [-0.15, -0.1) is 0 Å². The molecule has 0 fully saturated rings. The molecule has 10 nitrogen and oxygen atoms in total. The number of carboxylic acids is 1. The number of benzene rings is 1. The number of halogens is 4. The molecule has 0 saturated carbocycles. The molecule has 38 heavy (non-hydrogen) atoms. The number of aliphatic hydroxyl groups excluding tert-OH is 3. The average molecular weight is 616 g/mol. The van der Waals surface area contributed by atoms with E-state index < -0.39 is 24.3 Å². The normalized spacial score (nSPS) is 12.8. The number of nitrogens with one attached hydrogen (secondary N) is 1. The van der Waals surface area contributed by atoms with E-state index in [-0.39, 0.29) is 27.5 Å². The van der Waals surface area contributed by atoms with Crippen LogP contribution in [0.1, 0.15) is 44.6 Å². The largest absolute Gasteiger partial charge is 0.476 e. The highest BCUT2D eigenvalue weighted by Gasteiger charge is 2.14. The monoisotopic (exact) mass is 614 g/mol. The quantitative estimate of drug-likeness (QED) is 0.223. The molecule has 3 atom stereocenters. The van der Waals surface area contributed by atoms with Crippen LogP contribution in [0.25, 0.3) is 0 Å². The number of rotatable bonds is 9. The maximum atomic E-state index is 11.0. The lowest BCUT2D eigenvalue weighted by molar-refractivity contribution is -0.115. The van der Waals surface area contributed by atoms with Crippen LogP contribution in [-0.2, 0) is 4.79 Å². The van der Waals surface area contributed by atoms with Crippen molar-refractivity contribution in [2.45, 2.75) is 52.4 Å². The molecule has 0 aliphatic rings. The van der Waals surface area contributed by atoms with Gasteiger partial charge in [0, 0.05) is 31.7 Å². The van der Waals surface area contributed by atoms with Crippen molar-refractivity contribution in [1.82, 2.24) is 9.88 Å². The van der Waals surface area contributed by atoms with Gasteiger partial charge in [0.25, 0.3) is 0 Å². The van der Waals surface area contributed by atoms with Gasteiger partial charge in [-0.05, 0) is 45.0 Å². The fourth-order valence-electron chi connectivity index (χ4n) is 2.83. The molecule has 2 aromatic rings. The lowest BCUT2D eigenvalue weighted by atomic mass is 10.2. The molecule has 2 rings (SSSR count). The maximum absolute atomic E-state index is 11.0. The van der Waals surface area contributed by atoms with Crippen molar-refractivity contribution in [3.63, 3.8) is 0 Å². The second-order valence-corrected chi connectivity index (χ2v) is 9.88. The van der Waals surface area contributed by atoms with E-state index in [2.05, 4.69) is 10.3 Å². The van der Waals surface area contributed by atoms with Crippen LogP contribution in [0.5, 0.6) is 0 Å². The minimum Gasteiger partial charge on any atom is -0.476 e. The number of carboxylic acid groups (broad SMARTS) is 1. The highest BCUT2D eigenvalue weighted by atomic mass is 35.5. The van der Waals surface area contributed by atoms with Gasteiger partial charge in [-0.2, -0.15) is 0 Å². The summed E-state index contributed by atoms with van der Waals surface area (Å²) in [6, 6.07) is 6.27. The number of carbonyl (C=O) groups is 2. The fraction of sp³-hybridized carbons (Fsp3) is 0.458. The van der Waals surface area contributed by atoms with E-state index in [0.29, 0.717) is 41.8 Å². The Morgan fingerprint density at radius 2 is 1.45 bits per heavy atom. The molecular weight excluding hydrogens is 582 g/mol. The Morgan fingerprint density at radius 3 is 1.84 bits per heavy atom. The molecule has 0 aliphatic heterocycles. The third-order valence-corrected chi connectivity index (χ3v) is 5.58. The summed E-state index contributed by atoms with van der Waals surface area (Å²) in [4.78, 5) is 26.8. The van der Waals surface area contributed by atoms with Crippen LogP contribution in [0, 0.1) is 0 Å². The smallest absolute Gasteiger partial charge is 0.356 e. The number of hydrogen-bond donors (Lipinski definition) is 6. The first-order chi connectivity index (χ1) is 17.6. The predicted octanol–water partition coefficient (Wildman–Crippen LogP) is 4.44. The van der Waals surface area contributed by atoms with Crippen LogP contribution < -0.4 is 11.1 Å². The van der Waals surface area contributed by atoms with Crippen LogP contribution in [0.3, 0.4) is 0 Å². The lowest BCUT2D eigenvalue weighted by Crippen LogP contribution is -2.40. The number of nitrogens with two attached hydrogens (primary N) is 1. The number of nitrogens with zero attached hydrogens (tertiary/aromatic N) is 2. The SMILES string of the molecule is CC(O)CN(CC(C)O)CC(C)O.CCC(=O)Nc1ccc(Cl)c(Cl)c1.Nc1cc(Cl)nc(C(=O)O)c1Cl. The molecule has 0 radical (unpaired) electrons. The van der Waals surface area contributed by atoms with E-state index in [9.17, 15) is 9.59 Å². The highest BCUT2D eigenvalue weighted by molar-refractivity contribution is 6.42. The number of aromatic carboxylic acids is 1. The van der Waals surface area contributed by atoms with Gasteiger partial charge in [-0.1, -0.05) is 53.3 Å². The van der Waals surface area contributed by atoms with Crippen molar-refractivity contribution in [2.24, 2.45) is 0 Å². The molecule has 1 aromatic carbocycles. The van der Waals surface area contributed by atoms with Gasteiger partial charge in [0.15, 0.2) is 5.69 Å². The molecule has 214 valence electrons. The third kappa shape index (κ3) is 15.5. The maximum Gasteiger partial charge on any atom is 0.356 e. The van der Waals surface area contributed by atoms with Gasteiger partial charge in [0.2, 0.25) is 5.91 Å². The van der Waals surface area contributed by atoms with E-state index in [1.54, 1.807) is 45.9 Å². The summed E-state index contributed by atoms with van der Waals surface area (Å²) in [5.41, 5.74) is 5.78. The van der Waals surface area contributed by atoms with Gasteiger partial charge in [-0.25, -0.2) is 9.78 Å². The zero-order valence-electron chi connectivity index (χ0n) is 21.5. The van der Waals surface area contributed by atoms with Crippen molar-refractivity contribution >= 4 is 69.7 Å². The van der Waals surface area contributed by atoms with E-state index in [1.807, 2.05) is 4.90 Å². The van der Waals surface area contributed by atoms with Crippen LogP contribution in [-0.4, -0.2) is 80.1 Å². The van der Waals surface area contributed by atoms with Crippen molar-refractivity contribution in [1.29, 1.82) is 0 Å². The summed E-state index contributed by atoms with van der Waals surface area (Å²) in [5.74, 6) is -1.30. The van der Waals surface area contributed by atoms with E-state index in [4.69, 9.17) is 72.6 Å². The minimum absolute atomic E-state index is 0.00861. The van der Waals surface area contributed by atoms with Crippen molar-refractivity contribution in [2.75, 3.05) is 30.7 Å².